The zero-order valence-corrected chi connectivity index (χ0v) is 12.8. The smallest absolute Gasteiger partial charge is 0.0252 e. The third-order valence-electron chi connectivity index (χ3n) is 2.80. The molecule has 0 radical (unpaired) electrons. The molecule has 86 valence electrons. The Morgan fingerprint density at radius 3 is 2.31 bits per heavy atom. The van der Waals surface area contributed by atoms with E-state index in [0.29, 0.717) is 5.66 Å². The largest absolute Gasteiger partial charge is 0.823 e. The predicted molar refractivity (Wildman–Crippen MR) is 75.1 cm³/mol. The lowest BCUT2D eigenvalue weighted by Gasteiger charge is -2.17. The van der Waals surface area contributed by atoms with Crippen LogP contribution in [0.4, 0.5) is 0 Å². The van der Waals surface area contributed by atoms with Gasteiger partial charge < -0.3 is 5.11 Å². The number of halogens is 2. The van der Waals surface area contributed by atoms with Gasteiger partial charge in [-0.2, -0.15) is 0 Å². The molecule has 0 bridgehead atoms. The Labute approximate surface area is 114 Å². The maximum Gasteiger partial charge on any atom is 0.0252 e. The van der Waals surface area contributed by atoms with Crippen molar-refractivity contribution in [1.82, 2.24) is 0 Å². The minimum atomic E-state index is 0.228. The molecule has 0 atom stereocenters. The Morgan fingerprint density at radius 2 is 1.75 bits per heavy atom. The van der Waals surface area contributed by atoms with E-state index >= 15 is 0 Å². The third-order valence-corrected chi connectivity index (χ3v) is 5.46. The summed E-state index contributed by atoms with van der Waals surface area (Å²) >= 11 is 6.88. The van der Waals surface area contributed by atoms with Crippen molar-refractivity contribution in [2.24, 2.45) is 0 Å². The first-order valence-corrected chi connectivity index (χ1v) is 7.92. The maximum atomic E-state index is 12.2. The molecule has 16 heavy (non-hydrogen) atoms. The van der Waals surface area contributed by atoms with Gasteiger partial charge in [-0.05, 0) is 36.2 Å². The van der Waals surface area contributed by atoms with Gasteiger partial charge in [0.2, 0.25) is 0 Å². The summed E-state index contributed by atoms with van der Waals surface area (Å²) in [5, 5.41) is 12.2. The van der Waals surface area contributed by atoms with Crippen molar-refractivity contribution < 1.29 is 5.11 Å². The van der Waals surface area contributed by atoms with Gasteiger partial charge in [0.05, 0.1) is 0 Å². The van der Waals surface area contributed by atoms with Crippen LogP contribution in [0, 0.1) is 0 Å². The molecular formula is C12H12Br2OP-. The van der Waals surface area contributed by atoms with Crippen LogP contribution in [0.2, 0.25) is 0 Å². The zero-order valence-electron chi connectivity index (χ0n) is 8.75. The molecule has 0 saturated heterocycles. The van der Waals surface area contributed by atoms with Crippen molar-refractivity contribution in [2.75, 3.05) is 0 Å². The zero-order chi connectivity index (χ0) is 11.5. The minimum Gasteiger partial charge on any atom is -0.823 e. The molecule has 0 spiro atoms. The summed E-state index contributed by atoms with van der Waals surface area (Å²) < 4.78 is 1.77. The molecule has 0 heterocycles. The molecule has 4 heteroatoms. The van der Waals surface area contributed by atoms with E-state index in [1.165, 1.54) is 25.7 Å². The molecule has 1 aromatic carbocycles. The maximum absolute atomic E-state index is 12.2. The van der Waals surface area contributed by atoms with E-state index in [1.54, 1.807) is 0 Å². The second-order valence-electron chi connectivity index (χ2n) is 3.97. The van der Waals surface area contributed by atoms with Crippen LogP contribution in [-0.4, -0.2) is 11.1 Å². The van der Waals surface area contributed by atoms with Gasteiger partial charge in [0.15, 0.2) is 0 Å². The van der Waals surface area contributed by atoms with Gasteiger partial charge in [-0.15, -0.1) is 13.7 Å². The van der Waals surface area contributed by atoms with Gasteiger partial charge in [-0.1, -0.05) is 50.8 Å². The first-order chi connectivity index (χ1) is 7.68. The van der Waals surface area contributed by atoms with E-state index in [1.807, 2.05) is 18.2 Å². The van der Waals surface area contributed by atoms with Crippen LogP contribution < -0.4 is 5.11 Å². The summed E-state index contributed by atoms with van der Waals surface area (Å²) in [7, 11) is 0.960. The van der Waals surface area contributed by atoms with Crippen LogP contribution >= 0.6 is 40.1 Å². The van der Waals surface area contributed by atoms with Gasteiger partial charge in [-0.3, -0.25) is 0 Å². The molecule has 0 unspecified atom stereocenters. The number of benzene rings is 1. The second-order valence-corrected chi connectivity index (χ2v) is 7.07. The van der Waals surface area contributed by atoms with E-state index in [4.69, 9.17) is 0 Å². The van der Waals surface area contributed by atoms with Gasteiger partial charge in [0.1, 0.15) is 0 Å². The molecule has 0 aromatic heterocycles. The summed E-state index contributed by atoms with van der Waals surface area (Å²) in [4.78, 5) is 0. The van der Waals surface area contributed by atoms with Crippen LogP contribution in [0.5, 0.6) is 0 Å². The highest BCUT2D eigenvalue weighted by atomic mass is 79.9. The van der Waals surface area contributed by atoms with Gasteiger partial charge in [0.25, 0.3) is 0 Å². The molecule has 1 fully saturated rings. The predicted octanol–water partition coefficient (Wildman–Crippen LogP) is 3.94. The fourth-order valence-electron chi connectivity index (χ4n) is 1.97. The van der Waals surface area contributed by atoms with E-state index in [-0.39, 0.29) is 5.48 Å². The topological polar surface area (TPSA) is 23.1 Å². The van der Waals surface area contributed by atoms with Crippen molar-refractivity contribution in [3.8, 4) is 0 Å². The Morgan fingerprint density at radius 1 is 1.19 bits per heavy atom. The first-order valence-electron chi connectivity index (χ1n) is 5.37. The van der Waals surface area contributed by atoms with Gasteiger partial charge in [0, 0.05) is 8.95 Å². The summed E-state index contributed by atoms with van der Waals surface area (Å²) in [5.41, 5.74) is 1.59. The Bertz CT molecular complexity index is 391. The standard InChI is InChI=1S/C12H13Br2OP/c13-9-6-3-7-10(14)11(9)12(15)16-8-4-1-2-5-8/h3,6-8,15H,1-2,4-5H2/p-1. The molecule has 2 rings (SSSR count). The van der Waals surface area contributed by atoms with Crippen LogP contribution in [0.1, 0.15) is 31.2 Å². The van der Waals surface area contributed by atoms with Crippen molar-refractivity contribution in [3.63, 3.8) is 0 Å². The lowest BCUT2D eigenvalue weighted by atomic mass is 10.2. The molecule has 1 aromatic rings. The van der Waals surface area contributed by atoms with E-state index in [0.717, 1.165) is 22.7 Å². The van der Waals surface area contributed by atoms with Crippen molar-refractivity contribution in [1.29, 1.82) is 0 Å². The Hall–Kier alpha value is 0.310. The monoisotopic (exact) mass is 361 g/mol. The van der Waals surface area contributed by atoms with Crippen LogP contribution in [0.15, 0.2) is 27.1 Å². The molecule has 1 aliphatic carbocycles. The summed E-state index contributed by atoms with van der Waals surface area (Å²) in [6.45, 7) is 0. The SMILES string of the molecule is [O-]C(=PC1CCCC1)c1c(Br)cccc1Br. The molecular weight excluding hydrogens is 351 g/mol. The van der Waals surface area contributed by atoms with Gasteiger partial charge in [-0.25, -0.2) is 0 Å². The quantitative estimate of drug-likeness (QED) is 0.731. The Balaban J connectivity index is 2.28. The number of hydrogen-bond acceptors (Lipinski definition) is 1. The number of hydrogen-bond donors (Lipinski definition) is 0. The minimum absolute atomic E-state index is 0.228. The third kappa shape index (κ3) is 2.95. The highest BCUT2D eigenvalue weighted by Crippen LogP contribution is 2.32. The van der Waals surface area contributed by atoms with Gasteiger partial charge >= 0.3 is 0 Å². The lowest BCUT2D eigenvalue weighted by Crippen LogP contribution is -2.18. The second kappa shape index (κ2) is 5.77. The summed E-state index contributed by atoms with van der Waals surface area (Å²) in [6, 6.07) is 5.77. The van der Waals surface area contributed by atoms with E-state index in [2.05, 4.69) is 31.9 Å². The van der Waals surface area contributed by atoms with Crippen molar-refractivity contribution in [3.05, 3.63) is 32.7 Å². The fraction of sp³-hybridized carbons (Fsp3) is 0.417. The highest BCUT2D eigenvalue weighted by Gasteiger charge is 2.13. The van der Waals surface area contributed by atoms with Crippen LogP contribution in [0.3, 0.4) is 0 Å². The average molecular weight is 363 g/mol. The molecule has 1 nitrogen and oxygen atoms in total. The molecule has 1 saturated carbocycles. The van der Waals surface area contributed by atoms with Crippen molar-refractivity contribution in [2.45, 2.75) is 31.3 Å². The summed E-state index contributed by atoms with van der Waals surface area (Å²) in [5.74, 6) is 0. The fourth-order valence-corrected chi connectivity index (χ4v) is 4.96. The van der Waals surface area contributed by atoms with E-state index in [9.17, 15) is 5.11 Å². The van der Waals surface area contributed by atoms with Crippen LogP contribution in [-0.2, 0) is 0 Å². The highest BCUT2D eigenvalue weighted by molar-refractivity contribution is 9.11. The first kappa shape index (κ1) is 12.8. The lowest BCUT2D eigenvalue weighted by molar-refractivity contribution is -0.207. The summed E-state index contributed by atoms with van der Waals surface area (Å²) in [6.07, 6.45) is 4.97. The van der Waals surface area contributed by atoms with E-state index < -0.39 is 0 Å². The molecule has 0 N–H and O–H groups in total. The molecule has 0 amide bonds. The normalized spacial score (nSPS) is 18.1. The van der Waals surface area contributed by atoms with Crippen molar-refractivity contribution >= 4 is 45.5 Å². The molecule has 0 aliphatic heterocycles. The van der Waals surface area contributed by atoms with Crippen LogP contribution in [0.25, 0.3) is 0 Å². The number of rotatable bonds is 2. The average Bonchev–Trinajstić information content (AvgIpc) is 2.70. The Kier molecular flexibility index (Phi) is 4.60. The molecule has 1 aliphatic rings.